The van der Waals surface area contributed by atoms with Crippen molar-refractivity contribution in [3.05, 3.63) is 30.1 Å². The molecule has 0 radical (unpaired) electrons. The number of amides is 5. The molecule has 1 unspecified atom stereocenters. The van der Waals surface area contributed by atoms with Crippen molar-refractivity contribution in [1.29, 1.82) is 0 Å². The number of benzene rings is 1. The average Bonchev–Trinajstić information content (AvgIpc) is 2.59. The zero-order chi connectivity index (χ0) is 14.9. The summed E-state index contributed by atoms with van der Waals surface area (Å²) in [6.07, 6.45) is -1.05. The number of nitrogens with zero attached hydrogens (tertiary/aromatic N) is 2. The van der Waals surface area contributed by atoms with Crippen LogP contribution in [0.2, 0.25) is 0 Å². The van der Waals surface area contributed by atoms with Gasteiger partial charge < -0.3 is 10.6 Å². The summed E-state index contributed by atoms with van der Waals surface area (Å²) in [5.74, 6) is -0.944. The first-order chi connectivity index (χ1) is 9.40. The summed E-state index contributed by atoms with van der Waals surface area (Å²) in [7, 11) is 2.74. The minimum atomic E-state index is -1.05. The van der Waals surface area contributed by atoms with Gasteiger partial charge in [-0.15, -0.1) is 0 Å². The van der Waals surface area contributed by atoms with Gasteiger partial charge in [0.05, 0.1) is 0 Å². The van der Waals surface area contributed by atoms with Crippen molar-refractivity contribution in [2.24, 2.45) is 0 Å². The molecule has 0 saturated carbocycles. The van der Waals surface area contributed by atoms with Crippen LogP contribution in [0.3, 0.4) is 0 Å². The van der Waals surface area contributed by atoms with E-state index < -0.39 is 30.0 Å². The molecule has 0 aliphatic carbocycles. The fourth-order valence-electron chi connectivity index (χ4n) is 1.77. The first-order valence-corrected chi connectivity index (χ1v) is 5.77. The van der Waals surface area contributed by atoms with Crippen LogP contribution in [-0.2, 0) is 4.79 Å². The van der Waals surface area contributed by atoms with Crippen LogP contribution in [0, 0.1) is 5.82 Å². The number of nitrogens with one attached hydrogen (secondary N) is 2. The summed E-state index contributed by atoms with van der Waals surface area (Å²) in [5.41, 5.74) is 0.372. The summed E-state index contributed by atoms with van der Waals surface area (Å²) in [4.78, 5) is 37.0. The highest BCUT2D eigenvalue weighted by atomic mass is 19.1. The quantitative estimate of drug-likeness (QED) is 0.786. The van der Waals surface area contributed by atoms with E-state index in [0.29, 0.717) is 5.69 Å². The Morgan fingerprint density at radius 2 is 1.80 bits per heavy atom. The van der Waals surface area contributed by atoms with E-state index in [1.165, 1.54) is 38.4 Å². The lowest BCUT2D eigenvalue weighted by Gasteiger charge is -2.17. The van der Waals surface area contributed by atoms with Gasteiger partial charge in [0.2, 0.25) is 0 Å². The van der Waals surface area contributed by atoms with Crippen molar-refractivity contribution in [3.8, 4) is 0 Å². The Bertz CT molecular complexity index is 560. The SMILES string of the molecule is CN1C(=O)C(NC(=O)Nc2ccc(F)cc2)N(C)C1=O. The van der Waals surface area contributed by atoms with E-state index in [9.17, 15) is 18.8 Å². The Balaban J connectivity index is 2.00. The summed E-state index contributed by atoms with van der Waals surface area (Å²) in [6, 6.07) is 3.99. The minimum absolute atomic E-state index is 0.372. The van der Waals surface area contributed by atoms with Crippen molar-refractivity contribution < 1.29 is 18.8 Å². The van der Waals surface area contributed by atoms with Crippen LogP contribution in [0.1, 0.15) is 0 Å². The molecule has 106 valence electrons. The third kappa shape index (κ3) is 2.53. The van der Waals surface area contributed by atoms with E-state index in [0.717, 1.165) is 9.80 Å². The molecule has 1 aliphatic rings. The van der Waals surface area contributed by atoms with Crippen LogP contribution in [0.5, 0.6) is 0 Å². The fourth-order valence-corrected chi connectivity index (χ4v) is 1.77. The molecular weight excluding hydrogens is 267 g/mol. The molecule has 2 N–H and O–H groups in total. The molecule has 0 spiro atoms. The van der Waals surface area contributed by atoms with Crippen LogP contribution in [0.25, 0.3) is 0 Å². The zero-order valence-electron chi connectivity index (χ0n) is 10.9. The van der Waals surface area contributed by atoms with Gasteiger partial charge in [-0.2, -0.15) is 0 Å². The molecule has 1 fully saturated rings. The minimum Gasteiger partial charge on any atom is -0.309 e. The van der Waals surface area contributed by atoms with Crippen LogP contribution >= 0.6 is 0 Å². The van der Waals surface area contributed by atoms with E-state index in [2.05, 4.69) is 10.6 Å². The third-order valence-electron chi connectivity index (χ3n) is 2.91. The smallest absolute Gasteiger partial charge is 0.309 e. The number of likely N-dealkylation sites (N-methyl/N-ethyl adjacent to an activating group) is 2. The number of imide groups is 1. The summed E-state index contributed by atoms with van der Waals surface area (Å²) < 4.78 is 12.7. The normalized spacial score (nSPS) is 18.4. The fraction of sp³-hybridized carbons (Fsp3) is 0.250. The molecule has 1 atom stereocenters. The molecule has 5 amide bonds. The second kappa shape index (κ2) is 5.16. The first-order valence-electron chi connectivity index (χ1n) is 5.77. The number of rotatable bonds is 2. The molecule has 1 aromatic rings. The van der Waals surface area contributed by atoms with Crippen molar-refractivity contribution >= 4 is 23.7 Å². The highest BCUT2D eigenvalue weighted by Gasteiger charge is 2.41. The number of hydrogen-bond donors (Lipinski definition) is 2. The maximum absolute atomic E-state index is 12.7. The molecular formula is C12H13FN4O3. The van der Waals surface area contributed by atoms with E-state index in [4.69, 9.17) is 0 Å². The van der Waals surface area contributed by atoms with Gasteiger partial charge in [0.1, 0.15) is 5.82 Å². The van der Waals surface area contributed by atoms with Crippen LogP contribution in [0.4, 0.5) is 19.7 Å². The molecule has 0 aromatic heterocycles. The number of carbonyl (C=O) groups is 3. The molecule has 1 aromatic carbocycles. The lowest BCUT2D eigenvalue weighted by atomic mass is 10.3. The monoisotopic (exact) mass is 280 g/mol. The van der Waals surface area contributed by atoms with Crippen molar-refractivity contribution in [3.63, 3.8) is 0 Å². The largest absolute Gasteiger partial charge is 0.328 e. The summed E-state index contributed by atoms with van der Waals surface area (Å²) in [6.45, 7) is 0. The van der Waals surface area contributed by atoms with E-state index >= 15 is 0 Å². The van der Waals surface area contributed by atoms with Gasteiger partial charge in [-0.3, -0.25) is 14.6 Å². The van der Waals surface area contributed by atoms with E-state index in [-0.39, 0.29) is 0 Å². The topological polar surface area (TPSA) is 81.8 Å². The highest BCUT2D eigenvalue weighted by molar-refractivity contribution is 6.05. The van der Waals surface area contributed by atoms with Gasteiger partial charge in [0.25, 0.3) is 5.91 Å². The maximum atomic E-state index is 12.7. The number of anilines is 1. The number of hydrogen-bond acceptors (Lipinski definition) is 3. The number of carbonyl (C=O) groups excluding carboxylic acids is 3. The maximum Gasteiger partial charge on any atom is 0.328 e. The Kier molecular flexibility index (Phi) is 3.55. The molecule has 1 saturated heterocycles. The molecule has 7 nitrogen and oxygen atoms in total. The van der Waals surface area contributed by atoms with Gasteiger partial charge in [0.15, 0.2) is 6.17 Å². The standard InChI is InChI=1S/C12H13FN4O3/c1-16-9(10(18)17(2)12(16)20)15-11(19)14-8-5-3-7(13)4-6-8/h3-6,9H,1-2H3,(H2,14,15,19). The lowest BCUT2D eigenvalue weighted by Crippen LogP contribution is -2.48. The van der Waals surface area contributed by atoms with Crippen LogP contribution < -0.4 is 10.6 Å². The molecule has 20 heavy (non-hydrogen) atoms. The lowest BCUT2D eigenvalue weighted by molar-refractivity contribution is -0.127. The van der Waals surface area contributed by atoms with E-state index in [1.54, 1.807) is 0 Å². The Morgan fingerprint density at radius 3 is 2.30 bits per heavy atom. The number of urea groups is 2. The van der Waals surface area contributed by atoms with Gasteiger partial charge in [-0.1, -0.05) is 0 Å². The number of halogens is 1. The first kappa shape index (κ1) is 13.8. The predicted molar refractivity (Wildman–Crippen MR) is 68.3 cm³/mol. The predicted octanol–water partition coefficient (Wildman–Crippen LogP) is 0.797. The Labute approximate surface area is 114 Å². The zero-order valence-corrected chi connectivity index (χ0v) is 10.9. The average molecular weight is 280 g/mol. The molecule has 0 bridgehead atoms. The molecule has 2 rings (SSSR count). The second-order valence-corrected chi connectivity index (χ2v) is 4.30. The van der Waals surface area contributed by atoms with Crippen molar-refractivity contribution in [2.45, 2.75) is 6.17 Å². The van der Waals surface area contributed by atoms with Crippen molar-refractivity contribution in [1.82, 2.24) is 15.1 Å². The summed E-state index contributed by atoms with van der Waals surface area (Å²) >= 11 is 0. The van der Waals surface area contributed by atoms with Gasteiger partial charge in [-0.25, -0.2) is 14.0 Å². The molecule has 1 heterocycles. The van der Waals surface area contributed by atoms with Crippen LogP contribution in [-0.4, -0.2) is 48.0 Å². The van der Waals surface area contributed by atoms with Gasteiger partial charge in [-0.05, 0) is 24.3 Å². The van der Waals surface area contributed by atoms with Crippen molar-refractivity contribution in [2.75, 3.05) is 19.4 Å². The Morgan fingerprint density at radius 1 is 1.20 bits per heavy atom. The second-order valence-electron chi connectivity index (χ2n) is 4.30. The molecule has 1 aliphatic heterocycles. The van der Waals surface area contributed by atoms with E-state index in [1.807, 2.05) is 0 Å². The Hall–Kier alpha value is -2.64. The molecule has 8 heteroatoms. The van der Waals surface area contributed by atoms with Gasteiger partial charge >= 0.3 is 12.1 Å². The highest BCUT2D eigenvalue weighted by Crippen LogP contribution is 2.12. The van der Waals surface area contributed by atoms with Crippen LogP contribution in [0.15, 0.2) is 24.3 Å². The van der Waals surface area contributed by atoms with Gasteiger partial charge in [0, 0.05) is 19.8 Å². The third-order valence-corrected chi connectivity index (χ3v) is 2.91. The summed E-state index contributed by atoms with van der Waals surface area (Å²) in [5, 5.41) is 4.81.